The second kappa shape index (κ2) is 16.3. The van der Waals surface area contributed by atoms with Gasteiger partial charge in [0.05, 0.1) is 18.4 Å². The van der Waals surface area contributed by atoms with Crippen molar-refractivity contribution in [3.63, 3.8) is 0 Å². The summed E-state index contributed by atoms with van der Waals surface area (Å²) >= 11 is 0. The monoisotopic (exact) mass is 757 g/mol. The maximum Gasteiger partial charge on any atom is 0.145 e. The van der Waals surface area contributed by atoms with E-state index in [4.69, 9.17) is 4.98 Å². The zero-order valence-corrected chi connectivity index (χ0v) is 33.7. The third-order valence-electron chi connectivity index (χ3n) is 10.8. The van der Waals surface area contributed by atoms with Gasteiger partial charge >= 0.3 is 0 Å². The Morgan fingerprint density at radius 3 is 1.89 bits per heavy atom. The molecule has 9 rings (SSSR count). The van der Waals surface area contributed by atoms with E-state index in [-0.39, 0.29) is 0 Å². The highest BCUT2D eigenvalue weighted by Crippen LogP contribution is 2.44. The fraction of sp³-hybridized carbons (Fsp3) is 0.0577. The molecule has 0 aliphatic rings. The van der Waals surface area contributed by atoms with Crippen LogP contribution in [0.25, 0.3) is 72.9 Å². The lowest BCUT2D eigenvalue weighted by molar-refractivity contribution is 0.628. The van der Waals surface area contributed by atoms with Gasteiger partial charge < -0.3 is 4.98 Å². The van der Waals surface area contributed by atoms with E-state index in [1.165, 1.54) is 44.0 Å². The molecule has 2 heterocycles. The molecular weight excluding hydrogens is 712 g/mol. The molecule has 2 aromatic heterocycles. The predicted molar refractivity (Wildman–Crippen MR) is 250 cm³/mol. The standard InChI is InChI=1S/C49H39N4.C3H7P/c1-4-13-48-45(5-2)51-49(52(48)39-16-7-6-8-17-39)36-23-28-41(29-24-36)53(3,42-30-22-34-14-9-10-15-37(34)32-42)40-26-20-35(21-27-40)38-25-31-47-44(33-38)43-18-11-12-19-46(43)50-47;1-3-4-2/h4-33,50H,2H2,1,3H3;3-4H,1H2,2H3/q+1;/b13-4-;. The molecule has 2 atom stereocenters. The molecule has 5 heteroatoms. The van der Waals surface area contributed by atoms with Crippen LogP contribution in [-0.4, -0.2) is 28.2 Å². The summed E-state index contributed by atoms with van der Waals surface area (Å²) in [5.41, 5.74) is 12.1. The van der Waals surface area contributed by atoms with E-state index in [1.54, 1.807) is 0 Å². The molecule has 0 fully saturated rings. The molecule has 0 aliphatic carbocycles. The van der Waals surface area contributed by atoms with E-state index < -0.39 is 0 Å². The Morgan fingerprint density at radius 1 is 0.614 bits per heavy atom. The molecule has 0 saturated carbocycles. The zero-order valence-electron chi connectivity index (χ0n) is 32.7. The van der Waals surface area contributed by atoms with Crippen LogP contribution >= 0.6 is 8.58 Å². The molecule has 4 nitrogen and oxygen atoms in total. The molecule has 0 radical (unpaired) electrons. The number of benzene rings is 7. The summed E-state index contributed by atoms with van der Waals surface area (Å²) in [6.07, 6.45) is 5.99. The molecule has 0 bridgehead atoms. The summed E-state index contributed by atoms with van der Waals surface area (Å²) in [5.74, 6) is 2.78. The van der Waals surface area contributed by atoms with E-state index >= 15 is 0 Å². The van der Waals surface area contributed by atoms with Gasteiger partial charge in [-0.1, -0.05) is 91.8 Å². The van der Waals surface area contributed by atoms with E-state index in [1.807, 2.05) is 24.9 Å². The normalized spacial score (nSPS) is 12.6. The van der Waals surface area contributed by atoms with Crippen LogP contribution in [-0.2, 0) is 0 Å². The largest absolute Gasteiger partial charge is 0.355 e. The number of hydrogen-bond donors (Lipinski definition) is 1. The van der Waals surface area contributed by atoms with E-state index in [0.717, 1.165) is 53.8 Å². The number of rotatable bonds is 9. The lowest BCUT2D eigenvalue weighted by atomic mass is 10.0. The highest BCUT2D eigenvalue weighted by molar-refractivity contribution is 7.40. The molecule has 0 spiro atoms. The molecule has 57 heavy (non-hydrogen) atoms. The third kappa shape index (κ3) is 7.06. The van der Waals surface area contributed by atoms with Crippen molar-refractivity contribution < 1.29 is 0 Å². The van der Waals surface area contributed by atoms with Gasteiger partial charge in [0.2, 0.25) is 0 Å². The van der Waals surface area contributed by atoms with Crippen molar-refractivity contribution in [2.24, 2.45) is 0 Å². The van der Waals surface area contributed by atoms with Crippen LogP contribution in [0.3, 0.4) is 0 Å². The number of aromatic amines is 1. The van der Waals surface area contributed by atoms with Gasteiger partial charge in [0, 0.05) is 69.5 Å². The van der Waals surface area contributed by atoms with E-state index in [2.05, 4.69) is 206 Å². The van der Waals surface area contributed by atoms with Crippen LogP contribution in [0, 0.1) is 0 Å². The Balaban J connectivity index is 0.00000109. The number of nitrogens with one attached hydrogen (secondary N) is 1. The molecular formula is C52H46N4P+. The number of fused-ring (bicyclic) bond motifs is 4. The van der Waals surface area contributed by atoms with Crippen molar-refractivity contribution in [2.45, 2.75) is 6.92 Å². The predicted octanol–water partition coefficient (Wildman–Crippen LogP) is 14.7. The lowest BCUT2D eigenvalue weighted by Crippen LogP contribution is -2.33. The zero-order chi connectivity index (χ0) is 39.4. The highest BCUT2D eigenvalue weighted by atomic mass is 31.1. The van der Waals surface area contributed by atoms with Crippen LogP contribution in [0.5, 0.6) is 0 Å². The molecule has 1 N–H and O–H groups in total. The summed E-state index contributed by atoms with van der Waals surface area (Å²) in [7, 11) is 3.19. The molecule has 9 aromatic rings. The van der Waals surface area contributed by atoms with Crippen molar-refractivity contribution >= 4 is 70.4 Å². The minimum Gasteiger partial charge on any atom is -0.355 e. The van der Waals surface area contributed by atoms with Gasteiger partial charge in [-0.2, -0.15) is 0 Å². The van der Waals surface area contributed by atoms with Gasteiger partial charge in [-0.3, -0.25) is 4.57 Å². The SMILES string of the molecule is C=CPC.C=Cc1nc(-c2ccc([N+](C)(c3ccc(-c4ccc5[nH]c6ccccc6c5c4)cc3)c3ccc4ccccc4c3)cc2)n(-c2ccccc2)c1/C=C\C. The molecule has 7 aromatic carbocycles. The van der Waals surface area contributed by atoms with Gasteiger partial charge in [-0.15, -0.1) is 8.58 Å². The van der Waals surface area contributed by atoms with Gasteiger partial charge in [-0.25, -0.2) is 9.47 Å². The Morgan fingerprint density at radius 2 is 1.21 bits per heavy atom. The van der Waals surface area contributed by atoms with Crippen LogP contribution in [0.2, 0.25) is 0 Å². The Hall–Kier alpha value is -6.58. The van der Waals surface area contributed by atoms with E-state index in [9.17, 15) is 0 Å². The Labute approximate surface area is 337 Å². The number of quaternary nitrogens is 1. The Kier molecular flexibility index (Phi) is 10.7. The maximum atomic E-state index is 5.09. The maximum absolute atomic E-state index is 5.09. The summed E-state index contributed by atoms with van der Waals surface area (Å²) in [6, 6.07) is 59.0. The minimum absolute atomic E-state index is 0.488. The van der Waals surface area contributed by atoms with Crippen molar-refractivity contribution in [1.82, 2.24) is 19.0 Å². The molecule has 2 unspecified atom stereocenters. The summed E-state index contributed by atoms with van der Waals surface area (Å²) in [6.45, 7) is 11.7. The summed E-state index contributed by atoms with van der Waals surface area (Å²) < 4.78 is 2.71. The average molecular weight is 758 g/mol. The minimum atomic E-state index is 0.488. The number of hydrogen-bond acceptors (Lipinski definition) is 1. The van der Waals surface area contributed by atoms with Crippen molar-refractivity contribution in [2.75, 3.05) is 13.7 Å². The number of para-hydroxylation sites is 2. The lowest BCUT2D eigenvalue weighted by Gasteiger charge is -2.33. The number of nitrogens with zero attached hydrogens (tertiary/aromatic N) is 3. The second-order valence-corrected chi connectivity index (χ2v) is 15.1. The van der Waals surface area contributed by atoms with Crippen molar-refractivity contribution in [3.05, 3.63) is 200 Å². The van der Waals surface area contributed by atoms with Crippen molar-refractivity contribution in [1.29, 1.82) is 0 Å². The van der Waals surface area contributed by atoms with Gasteiger partial charge in [0.15, 0.2) is 0 Å². The first-order chi connectivity index (χ1) is 28.0. The fourth-order valence-electron chi connectivity index (χ4n) is 7.74. The fourth-order valence-corrected chi connectivity index (χ4v) is 7.74. The molecule has 0 aliphatic heterocycles. The second-order valence-electron chi connectivity index (χ2n) is 14.1. The highest BCUT2D eigenvalue weighted by Gasteiger charge is 2.32. The number of imidazole rings is 1. The first kappa shape index (κ1) is 37.3. The van der Waals surface area contributed by atoms with Gasteiger partial charge in [0.25, 0.3) is 0 Å². The summed E-state index contributed by atoms with van der Waals surface area (Å²) in [5, 5.41) is 4.93. The van der Waals surface area contributed by atoms with Crippen molar-refractivity contribution in [3.8, 4) is 28.2 Å². The molecule has 0 saturated heterocycles. The number of aromatic nitrogens is 3. The third-order valence-corrected chi connectivity index (χ3v) is 11.2. The molecule has 0 amide bonds. The van der Waals surface area contributed by atoms with Crippen LogP contribution < -0.4 is 4.48 Å². The van der Waals surface area contributed by atoms with E-state index in [0.29, 0.717) is 4.48 Å². The first-order valence-electron chi connectivity index (χ1n) is 19.3. The summed E-state index contributed by atoms with van der Waals surface area (Å²) in [4.78, 5) is 8.65. The molecule has 278 valence electrons. The Bertz CT molecular complexity index is 2880. The van der Waals surface area contributed by atoms with Crippen LogP contribution in [0.1, 0.15) is 18.3 Å². The number of allylic oxidation sites excluding steroid dienone is 1. The number of H-pyrrole nitrogens is 1. The van der Waals surface area contributed by atoms with Crippen LogP contribution in [0.4, 0.5) is 17.1 Å². The quantitative estimate of drug-likeness (QED) is 0.115. The first-order valence-corrected chi connectivity index (χ1v) is 20.8. The topological polar surface area (TPSA) is 33.6 Å². The van der Waals surface area contributed by atoms with Gasteiger partial charge in [0.1, 0.15) is 22.9 Å². The smallest absolute Gasteiger partial charge is 0.145 e. The average Bonchev–Trinajstić information content (AvgIpc) is 3.84. The van der Waals surface area contributed by atoms with Crippen LogP contribution in [0.15, 0.2) is 189 Å². The van der Waals surface area contributed by atoms with Gasteiger partial charge in [-0.05, 0) is 108 Å².